The van der Waals surface area contributed by atoms with Crippen molar-refractivity contribution in [3.8, 4) is 5.69 Å². The molecule has 0 radical (unpaired) electrons. The Bertz CT molecular complexity index is 810. The molecule has 1 amide bonds. The van der Waals surface area contributed by atoms with Gasteiger partial charge in [0.1, 0.15) is 18.2 Å². The number of hydrogen-bond donors (Lipinski definition) is 1. The van der Waals surface area contributed by atoms with Crippen molar-refractivity contribution in [1.82, 2.24) is 15.1 Å². The van der Waals surface area contributed by atoms with E-state index >= 15 is 0 Å². The van der Waals surface area contributed by atoms with Crippen molar-refractivity contribution in [3.05, 3.63) is 55.3 Å². The van der Waals surface area contributed by atoms with Crippen LogP contribution in [0.1, 0.15) is 16.1 Å². The molecular weight excluding hydrogens is 432 g/mol. The average molecular weight is 447 g/mol. The number of benzene rings is 1. The molecule has 0 saturated heterocycles. The van der Waals surface area contributed by atoms with Gasteiger partial charge >= 0.3 is 0 Å². The minimum absolute atomic E-state index is 0.0299. The summed E-state index contributed by atoms with van der Waals surface area (Å²) >= 11 is 1.98. The molecule has 0 aliphatic heterocycles. The first-order valence-corrected chi connectivity index (χ1v) is 7.90. The maximum atomic E-state index is 14.2. The topological polar surface area (TPSA) is 82.4 Å². The van der Waals surface area contributed by atoms with Crippen LogP contribution in [0, 0.1) is 9.39 Å². The first-order chi connectivity index (χ1) is 11.5. The maximum Gasteiger partial charge on any atom is 0.277 e. The minimum Gasteiger partial charge on any atom is -0.380 e. The summed E-state index contributed by atoms with van der Waals surface area (Å²) < 4.78 is 25.8. The lowest BCUT2D eigenvalue weighted by molar-refractivity contribution is 0.0863. The molecule has 9 heteroatoms. The van der Waals surface area contributed by atoms with Gasteiger partial charge in [0.15, 0.2) is 5.69 Å². The van der Waals surface area contributed by atoms with Crippen LogP contribution in [0.25, 0.3) is 5.69 Å². The Morgan fingerprint density at radius 2 is 2.12 bits per heavy atom. The number of carbonyl (C=O) groups is 1. The van der Waals surface area contributed by atoms with Gasteiger partial charge in [0.25, 0.3) is 5.91 Å². The Labute approximate surface area is 150 Å². The van der Waals surface area contributed by atoms with E-state index in [-0.39, 0.29) is 30.3 Å². The predicted molar refractivity (Wildman–Crippen MR) is 92.6 cm³/mol. The van der Waals surface area contributed by atoms with Gasteiger partial charge in [-0.25, -0.2) is 9.07 Å². The summed E-state index contributed by atoms with van der Waals surface area (Å²) in [6, 6.07) is 4.54. The van der Waals surface area contributed by atoms with Crippen molar-refractivity contribution in [1.29, 1.82) is 0 Å². The number of halogens is 2. The number of carbonyl (C=O) groups excluding carboxylic acids is 1. The van der Waals surface area contributed by atoms with E-state index in [1.165, 1.54) is 32.5 Å². The SMILES string of the molecule is COCNC(=O)c1nn(-c2ccc(I)cc2F)cc(COC)c1=O. The van der Waals surface area contributed by atoms with Crippen LogP contribution in [0.3, 0.4) is 0 Å². The van der Waals surface area contributed by atoms with Gasteiger partial charge in [-0.1, -0.05) is 0 Å². The average Bonchev–Trinajstić information content (AvgIpc) is 2.55. The first kappa shape index (κ1) is 18.5. The van der Waals surface area contributed by atoms with Gasteiger partial charge in [-0.3, -0.25) is 9.59 Å². The number of aromatic nitrogens is 2. The smallest absolute Gasteiger partial charge is 0.277 e. The molecule has 0 atom stereocenters. The molecule has 7 nitrogen and oxygen atoms in total. The number of methoxy groups -OCH3 is 2. The molecule has 128 valence electrons. The van der Waals surface area contributed by atoms with Crippen molar-refractivity contribution in [2.75, 3.05) is 21.0 Å². The molecular formula is C15H15FIN3O4. The highest BCUT2D eigenvalue weighted by Gasteiger charge is 2.18. The van der Waals surface area contributed by atoms with Gasteiger partial charge in [0.2, 0.25) is 5.43 Å². The summed E-state index contributed by atoms with van der Waals surface area (Å²) in [4.78, 5) is 24.4. The lowest BCUT2D eigenvalue weighted by Gasteiger charge is -2.11. The number of hydrogen-bond acceptors (Lipinski definition) is 5. The number of ether oxygens (including phenoxy) is 2. The molecule has 0 bridgehead atoms. The summed E-state index contributed by atoms with van der Waals surface area (Å²) in [7, 11) is 2.81. The van der Waals surface area contributed by atoms with E-state index in [1.807, 2.05) is 22.6 Å². The zero-order valence-electron chi connectivity index (χ0n) is 13.0. The van der Waals surface area contributed by atoms with Crippen LogP contribution >= 0.6 is 22.6 Å². The Hall–Kier alpha value is -1.85. The standard InChI is InChI=1S/C15H15FIN3O4/c1-23-7-9-6-20(12-4-3-10(17)5-11(12)16)19-13(14(9)21)15(22)18-8-24-2/h3-6H,7-8H2,1-2H3,(H,18,22). The highest BCUT2D eigenvalue weighted by molar-refractivity contribution is 14.1. The van der Waals surface area contributed by atoms with Gasteiger partial charge in [0, 0.05) is 29.6 Å². The van der Waals surface area contributed by atoms with Gasteiger partial charge in [-0.15, -0.1) is 0 Å². The Kier molecular flexibility index (Phi) is 6.40. The molecule has 2 aromatic rings. The van der Waals surface area contributed by atoms with Crippen LogP contribution in [0.15, 0.2) is 29.2 Å². The summed E-state index contributed by atoms with van der Waals surface area (Å²) in [5.41, 5.74) is -0.631. The number of nitrogens with zero attached hydrogens (tertiary/aromatic N) is 2. The maximum absolute atomic E-state index is 14.2. The van der Waals surface area contributed by atoms with E-state index in [2.05, 4.69) is 10.4 Å². The quantitative estimate of drug-likeness (QED) is 0.536. The lowest BCUT2D eigenvalue weighted by Crippen LogP contribution is -2.34. The summed E-state index contributed by atoms with van der Waals surface area (Å²) in [5, 5.41) is 6.36. The van der Waals surface area contributed by atoms with Gasteiger partial charge in [-0.2, -0.15) is 5.10 Å². The van der Waals surface area contributed by atoms with E-state index < -0.39 is 17.2 Å². The molecule has 0 fully saturated rings. The second-order valence-electron chi connectivity index (χ2n) is 4.74. The molecule has 1 N–H and O–H groups in total. The van der Waals surface area contributed by atoms with Crippen LogP contribution in [0.4, 0.5) is 4.39 Å². The zero-order chi connectivity index (χ0) is 17.7. The lowest BCUT2D eigenvalue weighted by atomic mass is 10.2. The molecule has 0 spiro atoms. The first-order valence-electron chi connectivity index (χ1n) is 6.82. The van der Waals surface area contributed by atoms with Crippen molar-refractivity contribution in [3.63, 3.8) is 0 Å². The van der Waals surface area contributed by atoms with Crippen LogP contribution in [0.2, 0.25) is 0 Å². The van der Waals surface area contributed by atoms with Gasteiger partial charge < -0.3 is 14.8 Å². The molecule has 2 rings (SSSR count). The Morgan fingerprint density at radius 1 is 1.38 bits per heavy atom. The molecule has 0 aliphatic carbocycles. The fraction of sp³-hybridized carbons (Fsp3) is 0.267. The highest BCUT2D eigenvalue weighted by atomic mass is 127. The van der Waals surface area contributed by atoms with Crippen molar-refractivity contribution >= 4 is 28.5 Å². The molecule has 0 saturated carbocycles. The van der Waals surface area contributed by atoms with Crippen LogP contribution in [0.5, 0.6) is 0 Å². The summed E-state index contributed by atoms with van der Waals surface area (Å²) in [6.45, 7) is -0.107. The predicted octanol–water partition coefficient (Wildman–Crippen LogP) is 1.46. The second kappa shape index (κ2) is 8.31. The normalized spacial score (nSPS) is 10.7. The van der Waals surface area contributed by atoms with Crippen molar-refractivity contribution in [2.45, 2.75) is 6.61 Å². The van der Waals surface area contributed by atoms with Crippen molar-refractivity contribution in [2.24, 2.45) is 0 Å². The molecule has 1 heterocycles. The molecule has 1 aromatic carbocycles. The minimum atomic E-state index is -0.709. The largest absolute Gasteiger partial charge is 0.380 e. The third kappa shape index (κ3) is 4.16. The molecule has 1 aromatic heterocycles. The van der Waals surface area contributed by atoms with E-state index in [0.717, 1.165) is 4.68 Å². The highest BCUT2D eigenvalue weighted by Crippen LogP contribution is 2.16. The van der Waals surface area contributed by atoms with E-state index in [1.54, 1.807) is 6.07 Å². The second-order valence-corrected chi connectivity index (χ2v) is 5.99. The van der Waals surface area contributed by atoms with E-state index in [9.17, 15) is 14.0 Å². The van der Waals surface area contributed by atoms with Crippen LogP contribution < -0.4 is 10.7 Å². The van der Waals surface area contributed by atoms with Crippen LogP contribution in [-0.2, 0) is 16.1 Å². The monoisotopic (exact) mass is 447 g/mol. The molecule has 0 unspecified atom stereocenters. The fourth-order valence-electron chi connectivity index (χ4n) is 1.96. The third-order valence-corrected chi connectivity index (χ3v) is 3.71. The fourth-order valence-corrected chi connectivity index (χ4v) is 2.41. The molecule has 0 aliphatic rings. The number of rotatable bonds is 6. The summed E-state index contributed by atoms with van der Waals surface area (Å²) in [6.07, 6.45) is 1.35. The van der Waals surface area contributed by atoms with Gasteiger partial charge in [0.05, 0.1) is 6.61 Å². The Morgan fingerprint density at radius 3 is 2.75 bits per heavy atom. The van der Waals surface area contributed by atoms with E-state index in [0.29, 0.717) is 3.57 Å². The van der Waals surface area contributed by atoms with Crippen molar-refractivity contribution < 1.29 is 18.7 Å². The molecule has 24 heavy (non-hydrogen) atoms. The number of nitrogens with one attached hydrogen (secondary N) is 1. The van der Waals surface area contributed by atoms with Gasteiger partial charge in [-0.05, 0) is 40.8 Å². The number of amides is 1. The zero-order valence-corrected chi connectivity index (χ0v) is 15.2. The van der Waals surface area contributed by atoms with E-state index in [4.69, 9.17) is 9.47 Å². The van der Waals surface area contributed by atoms with Crippen LogP contribution in [-0.4, -0.2) is 36.6 Å². The Balaban J connectivity index is 2.57. The third-order valence-electron chi connectivity index (χ3n) is 3.04. The summed E-state index contributed by atoms with van der Waals surface area (Å²) in [5.74, 6) is -1.23.